The number of carbonyl (C=O) groups excluding carboxylic acids is 1. The maximum Gasteiger partial charge on any atom is 0.416 e. The van der Waals surface area contributed by atoms with Gasteiger partial charge in [-0.1, -0.05) is 12.5 Å². The number of carbonyl (C=O) groups is 1. The molecule has 1 aromatic carbocycles. The lowest BCUT2D eigenvalue weighted by atomic mass is 10.0. The Morgan fingerprint density at radius 2 is 2.05 bits per heavy atom. The second-order valence-corrected chi connectivity index (χ2v) is 5.22. The highest BCUT2D eigenvalue weighted by atomic mass is 19.4. The van der Waals surface area contributed by atoms with Crippen molar-refractivity contribution in [1.29, 1.82) is 0 Å². The molecule has 3 N–H and O–H groups in total. The highest BCUT2D eigenvalue weighted by molar-refractivity contribution is 5.93. The van der Waals surface area contributed by atoms with Crippen molar-refractivity contribution in [3.05, 3.63) is 29.3 Å². The lowest BCUT2D eigenvalue weighted by molar-refractivity contribution is -0.138. The maximum atomic E-state index is 12.8. The van der Waals surface area contributed by atoms with E-state index < -0.39 is 11.7 Å². The molecule has 1 aromatic rings. The van der Waals surface area contributed by atoms with Gasteiger partial charge in [0.05, 0.1) is 11.5 Å². The maximum absolute atomic E-state index is 12.8. The van der Waals surface area contributed by atoms with Gasteiger partial charge in [-0.05, 0) is 37.5 Å². The van der Waals surface area contributed by atoms with Crippen LogP contribution in [0.3, 0.4) is 0 Å². The van der Waals surface area contributed by atoms with Gasteiger partial charge in [0.1, 0.15) is 0 Å². The first-order chi connectivity index (χ1) is 9.29. The molecule has 0 spiro atoms. The Labute approximate surface area is 115 Å². The summed E-state index contributed by atoms with van der Waals surface area (Å²) in [5.74, 6) is -0.613. The van der Waals surface area contributed by atoms with Gasteiger partial charge in [0.15, 0.2) is 0 Å². The van der Waals surface area contributed by atoms with E-state index in [-0.39, 0.29) is 29.1 Å². The lowest BCUT2D eigenvalue weighted by Gasteiger charge is -2.17. The van der Waals surface area contributed by atoms with Crippen LogP contribution in [-0.2, 0) is 11.0 Å². The lowest BCUT2D eigenvalue weighted by Crippen LogP contribution is -2.34. The molecule has 1 amide bonds. The molecule has 1 aliphatic rings. The van der Waals surface area contributed by atoms with Crippen molar-refractivity contribution in [2.24, 2.45) is 11.7 Å². The molecular formula is C14H17F3N2O. The number of anilines is 1. The van der Waals surface area contributed by atoms with Gasteiger partial charge in [0.25, 0.3) is 0 Å². The van der Waals surface area contributed by atoms with Gasteiger partial charge < -0.3 is 11.1 Å². The number of benzene rings is 1. The van der Waals surface area contributed by atoms with Gasteiger partial charge in [-0.15, -0.1) is 0 Å². The minimum atomic E-state index is -4.42. The Hall–Kier alpha value is -1.56. The van der Waals surface area contributed by atoms with E-state index >= 15 is 0 Å². The van der Waals surface area contributed by atoms with Crippen LogP contribution < -0.4 is 11.1 Å². The van der Waals surface area contributed by atoms with Crippen LogP contribution >= 0.6 is 0 Å². The fourth-order valence-corrected chi connectivity index (χ4v) is 2.55. The van der Waals surface area contributed by atoms with Crippen molar-refractivity contribution < 1.29 is 18.0 Å². The van der Waals surface area contributed by atoms with Gasteiger partial charge in [-0.3, -0.25) is 4.79 Å². The first-order valence-electron chi connectivity index (χ1n) is 6.53. The van der Waals surface area contributed by atoms with E-state index in [1.54, 1.807) is 0 Å². The summed E-state index contributed by atoms with van der Waals surface area (Å²) in [5, 5.41) is 2.54. The van der Waals surface area contributed by atoms with Crippen LogP contribution in [0.1, 0.15) is 30.4 Å². The number of alkyl halides is 3. The van der Waals surface area contributed by atoms with Gasteiger partial charge in [-0.25, -0.2) is 0 Å². The van der Waals surface area contributed by atoms with Gasteiger partial charge in [0.2, 0.25) is 5.91 Å². The second kappa shape index (κ2) is 5.44. The summed E-state index contributed by atoms with van der Waals surface area (Å²) in [4.78, 5) is 12.0. The molecule has 0 aromatic heterocycles. The average molecular weight is 286 g/mol. The molecule has 0 aliphatic heterocycles. The van der Waals surface area contributed by atoms with Gasteiger partial charge in [-0.2, -0.15) is 13.2 Å². The highest BCUT2D eigenvalue weighted by Crippen LogP contribution is 2.34. The van der Waals surface area contributed by atoms with Crippen molar-refractivity contribution in [3.8, 4) is 0 Å². The van der Waals surface area contributed by atoms with E-state index in [4.69, 9.17) is 5.73 Å². The van der Waals surface area contributed by atoms with Crippen LogP contribution in [0.2, 0.25) is 0 Å². The van der Waals surface area contributed by atoms with Crippen molar-refractivity contribution >= 4 is 11.6 Å². The van der Waals surface area contributed by atoms with Gasteiger partial charge in [0, 0.05) is 11.7 Å². The molecular weight excluding hydrogens is 269 g/mol. The number of amides is 1. The topological polar surface area (TPSA) is 55.1 Å². The number of nitrogens with one attached hydrogen (secondary N) is 1. The predicted molar refractivity (Wildman–Crippen MR) is 70.1 cm³/mol. The zero-order chi connectivity index (χ0) is 14.9. The first-order valence-corrected chi connectivity index (χ1v) is 6.53. The minimum absolute atomic E-state index is 0.132. The molecule has 2 rings (SSSR count). The molecule has 0 heterocycles. The molecule has 6 heteroatoms. The summed E-state index contributed by atoms with van der Waals surface area (Å²) in [5.41, 5.74) is 5.38. The van der Waals surface area contributed by atoms with E-state index in [0.717, 1.165) is 18.9 Å². The highest BCUT2D eigenvalue weighted by Gasteiger charge is 2.33. The van der Waals surface area contributed by atoms with E-state index in [0.29, 0.717) is 6.42 Å². The Balaban J connectivity index is 2.16. The Bertz CT molecular complexity index is 514. The summed E-state index contributed by atoms with van der Waals surface area (Å²) >= 11 is 0. The zero-order valence-electron chi connectivity index (χ0n) is 11.1. The SMILES string of the molecule is Cc1ccc(NC(=O)C2CCCC2N)cc1C(F)(F)F. The predicted octanol–water partition coefficient (Wildman–Crippen LogP) is 3.08. The standard InChI is InChI=1S/C14H17F3N2O/c1-8-5-6-9(7-11(8)14(15,16)17)19-13(20)10-3-2-4-12(10)18/h5-7,10,12H,2-4,18H2,1H3,(H,19,20). The normalized spacial score (nSPS) is 22.9. The zero-order valence-corrected chi connectivity index (χ0v) is 11.1. The third-order valence-corrected chi connectivity index (χ3v) is 3.72. The third-order valence-electron chi connectivity index (χ3n) is 3.72. The number of halogens is 3. The smallest absolute Gasteiger partial charge is 0.327 e. The number of hydrogen-bond acceptors (Lipinski definition) is 2. The number of aryl methyl sites for hydroxylation is 1. The summed E-state index contributed by atoms with van der Waals surface area (Å²) in [7, 11) is 0. The third kappa shape index (κ3) is 3.12. The van der Waals surface area contributed by atoms with Crippen LogP contribution in [0.15, 0.2) is 18.2 Å². The molecule has 1 fully saturated rings. The Morgan fingerprint density at radius 3 is 2.60 bits per heavy atom. The second-order valence-electron chi connectivity index (χ2n) is 5.22. The average Bonchev–Trinajstić information content (AvgIpc) is 2.76. The molecule has 2 atom stereocenters. The molecule has 0 radical (unpaired) electrons. The molecule has 110 valence electrons. The summed E-state index contributed by atoms with van der Waals surface area (Å²) in [6.07, 6.45) is -2.08. The van der Waals surface area contributed by atoms with Crippen LogP contribution in [0.4, 0.5) is 18.9 Å². The van der Waals surface area contributed by atoms with Crippen LogP contribution in [0.5, 0.6) is 0 Å². The first kappa shape index (κ1) is 14.8. The molecule has 1 saturated carbocycles. The van der Waals surface area contributed by atoms with Crippen LogP contribution in [-0.4, -0.2) is 11.9 Å². The van der Waals surface area contributed by atoms with E-state index in [1.807, 2.05) is 0 Å². The largest absolute Gasteiger partial charge is 0.416 e. The summed E-state index contributed by atoms with van der Waals surface area (Å²) in [6, 6.07) is 3.59. The number of rotatable bonds is 2. The van der Waals surface area contributed by atoms with Crippen molar-refractivity contribution in [1.82, 2.24) is 0 Å². The van der Waals surface area contributed by atoms with Crippen LogP contribution in [0, 0.1) is 12.8 Å². The van der Waals surface area contributed by atoms with Crippen molar-refractivity contribution in [2.45, 2.75) is 38.4 Å². The quantitative estimate of drug-likeness (QED) is 0.877. The Morgan fingerprint density at radius 1 is 1.35 bits per heavy atom. The number of hydrogen-bond donors (Lipinski definition) is 2. The molecule has 3 nitrogen and oxygen atoms in total. The minimum Gasteiger partial charge on any atom is -0.327 e. The van der Waals surface area contributed by atoms with Crippen molar-refractivity contribution in [2.75, 3.05) is 5.32 Å². The summed E-state index contributed by atoms with van der Waals surface area (Å²) < 4.78 is 38.4. The molecule has 1 aliphatic carbocycles. The van der Waals surface area contributed by atoms with E-state index in [9.17, 15) is 18.0 Å². The molecule has 0 saturated heterocycles. The monoisotopic (exact) mass is 286 g/mol. The van der Waals surface area contributed by atoms with E-state index in [2.05, 4.69) is 5.32 Å². The van der Waals surface area contributed by atoms with Crippen molar-refractivity contribution in [3.63, 3.8) is 0 Å². The fourth-order valence-electron chi connectivity index (χ4n) is 2.55. The summed E-state index contributed by atoms with van der Waals surface area (Å²) in [6.45, 7) is 1.39. The molecule has 2 unspecified atom stereocenters. The number of nitrogens with two attached hydrogens (primary N) is 1. The van der Waals surface area contributed by atoms with E-state index in [1.165, 1.54) is 19.1 Å². The molecule has 20 heavy (non-hydrogen) atoms. The Kier molecular flexibility index (Phi) is 4.04. The fraction of sp³-hybridized carbons (Fsp3) is 0.500. The van der Waals surface area contributed by atoms with Crippen LogP contribution in [0.25, 0.3) is 0 Å². The van der Waals surface area contributed by atoms with Gasteiger partial charge >= 0.3 is 6.18 Å². The molecule has 0 bridgehead atoms.